The Hall–Kier alpha value is -2.69. The van der Waals surface area contributed by atoms with Crippen LogP contribution in [0.25, 0.3) is 0 Å². The smallest absolute Gasteiger partial charge is 0.242 e. The number of amides is 2. The second-order valence-electron chi connectivity index (χ2n) is 7.13. The SMILES string of the molecule is CC(C)CNC(=O)[C@H](C)N(Cc1ccccc1)C(=O)Cc1ccc(F)cc1. The molecule has 2 aromatic carbocycles. The van der Waals surface area contributed by atoms with E-state index < -0.39 is 6.04 Å². The molecule has 27 heavy (non-hydrogen) atoms. The number of halogens is 1. The molecule has 1 atom stereocenters. The van der Waals surface area contributed by atoms with Crippen molar-refractivity contribution >= 4 is 11.8 Å². The van der Waals surface area contributed by atoms with Gasteiger partial charge in [0, 0.05) is 13.1 Å². The molecule has 0 fully saturated rings. The third-order valence-electron chi connectivity index (χ3n) is 4.32. The lowest BCUT2D eigenvalue weighted by Gasteiger charge is -2.29. The van der Waals surface area contributed by atoms with Crippen molar-refractivity contribution in [2.75, 3.05) is 6.54 Å². The summed E-state index contributed by atoms with van der Waals surface area (Å²) in [5, 5.41) is 2.89. The van der Waals surface area contributed by atoms with Crippen molar-refractivity contribution in [1.82, 2.24) is 10.2 Å². The van der Waals surface area contributed by atoms with Gasteiger partial charge in [-0.3, -0.25) is 9.59 Å². The summed E-state index contributed by atoms with van der Waals surface area (Å²) in [6, 6.07) is 14.8. The number of hydrogen-bond acceptors (Lipinski definition) is 2. The van der Waals surface area contributed by atoms with Gasteiger partial charge in [0.15, 0.2) is 0 Å². The molecule has 0 aliphatic heterocycles. The van der Waals surface area contributed by atoms with E-state index in [-0.39, 0.29) is 24.1 Å². The fraction of sp³-hybridized carbons (Fsp3) is 0.364. The highest BCUT2D eigenvalue weighted by Crippen LogP contribution is 2.13. The molecule has 2 aromatic rings. The molecule has 0 aliphatic carbocycles. The Morgan fingerprint density at radius 1 is 0.963 bits per heavy atom. The van der Waals surface area contributed by atoms with Crippen LogP contribution in [0.5, 0.6) is 0 Å². The summed E-state index contributed by atoms with van der Waals surface area (Å²) >= 11 is 0. The summed E-state index contributed by atoms with van der Waals surface area (Å²) in [6.07, 6.45) is 0.120. The van der Waals surface area contributed by atoms with E-state index in [0.29, 0.717) is 24.6 Å². The largest absolute Gasteiger partial charge is 0.354 e. The van der Waals surface area contributed by atoms with Gasteiger partial charge in [-0.25, -0.2) is 4.39 Å². The van der Waals surface area contributed by atoms with Crippen LogP contribution in [0.3, 0.4) is 0 Å². The van der Waals surface area contributed by atoms with Crippen LogP contribution in [0, 0.1) is 11.7 Å². The number of hydrogen-bond donors (Lipinski definition) is 1. The van der Waals surface area contributed by atoms with E-state index in [2.05, 4.69) is 5.32 Å². The van der Waals surface area contributed by atoms with Gasteiger partial charge in [-0.15, -0.1) is 0 Å². The molecule has 0 radical (unpaired) electrons. The first-order chi connectivity index (χ1) is 12.9. The molecule has 0 saturated carbocycles. The van der Waals surface area contributed by atoms with Crippen LogP contribution in [0.2, 0.25) is 0 Å². The molecule has 0 aliphatic rings. The molecule has 0 spiro atoms. The van der Waals surface area contributed by atoms with Crippen LogP contribution in [0.15, 0.2) is 54.6 Å². The monoisotopic (exact) mass is 370 g/mol. The van der Waals surface area contributed by atoms with Gasteiger partial charge in [-0.05, 0) is 36.1 Å². The molecule has 0 saturated heterocycles. The molecule has 144 valence electrons. The van der Waals surface area contributed by atoms with E-state index >= 15 is 0 Å². The predicted octanol–water partition coefficient (Wildman–Crippen LogP) is 3.56. The zero-order chi connectivity index (χ0) is 19.8. The Labute approximate surface area is 160 Å². The maximum atomic E-state index is 13.1. The van der Waals surface area contributed by atoms with Crippen molar-refractivity contribution in [3.05, 3.63) is 71.5 Å². The second-order valence-corrected chi connectivity index (χ2v) is 7.13. The lowest BCUT2D eigenvalue weighted by atomic mass is 10.1. The van der Waals surface area contributed by atoms with E-state index in [4.69, 9.17) is 0 Å². The standard InChI is InChI=1S/C22H27FN2O2/c1-16(2)14-24-22(27)17(3)25(15-19-7-5-4-6-8-19)21(26)13-18-9-11-20(23)12-10-18/h4-12,16-17H,13-15H2,1-3H3,(H,24,27)/t17-/m0/s1. The lowest BCUT2D eigenvalue weighted by Crippen LogP contribution is -2.48. The van der Waals surface area contributed by atoms with Crippen LogP contribution in [-0.4, -0.2) is 29.3 Å². The molecular formula is C22H27FN2O2. The van der Waals surface area contributed by atoms with Gasteiger partial charge >= 0.3 is 0 Å². The Bertz CT molecular complexity index is 745. The first kappa shape index (κ1) is 20.6. The second kappa shape index (κ2) is 9.86. The highest BCUT2D eigenvalue weighted by Gasteiger charge is 2.26. The van der Waals surface area contributed by atoms with Crippen molar-refractivity contribution in [3.63, 3.8) is 0 Å². The van der Waals surface area contributed by atoms with Crippen LogP contribution in [0.1, 0.15) is 31.9 Å². The summed E-state index contributed by atoms with van der Waals surface area (Å²) in [7, 11) is 0. The van der Waals surface area contributed by atoms with E-state index in [9.17, 15) is 14.0 Å². The van der Waals surface area contributed by atoms with Crippen LogP contribution >= 0.6 is 0 Å². The van der Waals surface area contributed by atoms with E-state index in [0.717, 1.165) is 5.56 Å². The van der Waals surface area contributed by atoms with Gasteiger partial charge in [0.25, 0.3) is 0 Å². The van der Waals surface area contributed by atoms with Crippen LogP contribution in [0.4, 0.5) is 4.39 Å². The quantitative estimate of drug-likeness (QED) is 0.772. The molecule has 0 aromatic heterocycles. The summed E-state index contributed by atoms with van der Waals surface area (Å²) in [5.74, 6) is -0.350. The fourth-order valence-electron chi connectivity index (χ4n) is 2.69. The lowest BCUT2D eigenvalue weighted by molar-refractivity contribution is -0.140. The van der Waals surface area contributed by atoms with E-state index in [1.165, 1.54) is 12.1 Å². The molecule has 0 heterocycles. The van der Waals surface area contributed by atoms with Crippen LogP contribution < -0.4 is 5.32 Å². The third-order valence-corrected chi connectivity index (χ3v) is 4.32. The summed E-state index contributed by atoms with van der Waals surface area (Å²) in [5.41, 5.74) is 1.67. The molecule has 1 N–H and O–H groups in total. The average molecular weight is 370 g/mol. The number of nitrogens with zero attached hydrogens (tertiary/aromatic N) is 1. The highest BCUT2D eigenvalue weighted by atomic mass is 19.1. The molecule has 5 heteroatoms. The molecule has 0 bridgehead atoms. The van der Waals surface area contributed by atoms with Gasteiger partial charge in [0.2, 0.25) is 11.8 Å². The number of nitrogens with one attached hydrogen (secondary N) is 1. The Morgan fingerprint density at radius 2 is 1.59 bits per heavy atom. The van der Waals surface area contributed by atoms with Crippen molar-refractivity contribution < 1.29 is 14.0 Å². The summed E-state index contributed by atoms with van der Waals surface area (Å²) < 4.78 is 13.1. The number of benzene rings is 2. The Morgan fingerprint density at radius 3 is 2.19 bits per heavy atom. The number of rotatable bonds is 8. The van der Waals surface area contributed by atoms with Crippen molar-refractivity contribution in [3.8, 4) is 0 Å². The maximum absolute atomic E-state index is 13.1. The molecule has 2 rings (SSSR count). The molecule has 2 amide bonds. The minimum absolute atomic E-state index is 0.120. The average Bonchev–Trinajstić information content (AvgIpc) is 2.66. The number of carbonyl (C=O) groups is 2. The predicted molar refractivity (Wildman–Crippen MR) is 104 cm³/mol. The van der Waals surface area contributed by atoms with Gasteiger partial charge in [0.05, 0.1) is 6.42 Å². The normalized spacial score (nSPS) is 11.9. The zero-order valence-electron chi connectivity index (χ0n) is 16.1. The van der Waals surface area contributed by atoms with Crippen LogP contribution in [-0.2, 0) is 22.6 Å². The maximum Gasteiger partial charge on any atom is 0.242 e. The molecule has 4 nitrogen and oxygen atoms in total. The third kappa shape index (κ3) is 6.51. The Kier molecular flexibility index (Phi) is 7.53. The number of carbonyl (C=O) groups excluding carboxylic acids is 2. The first-order valence-corrected chi connectivity index (χ1v) is 9.22. The zero-order valence-corrected chi connectivity index (χ0v) is 16.1. The minimum atomic E-state index is -0.600. The van der Waals surface area contributed by atoms with Gasteiger partial charge in [0.1, 0.15) is 11.9 Å². The van der Waals surface area contributed by atoms with E-state index in [1.807, 2.05) is 44.2 Å². The Balaban J connectivity index is 2.15. The van der Waals surface area contributed by atoms with Gasteiger partial charge in [-0.1, -0.05) is 56.3 Å². The molecule has 0 unspecified atom stereocenters. The summed E-state index contributed by atoms with van der Waals surface area (Å²) in [4.78, 5) is 27.0. The van der Waals surface area contributed by atoms with Crippen molar-refractivity contribution in [1.29, 1.82) is 0 Å². The summed E-state index contributed by atoms with van der Waals surface area (Å²) in [6.45, 7) is 6.69. The first-order valence-electron chi connectivity index (χ1n) is 9.22. The minimum Gasteiger partial charge on any atom is -0.354 e. The van der Waals surface area contributed by atoms with Gasteiger partial charge in [-0.2, -0.15) is 0 Å². The fourth-order valence-corrected chi connectivity index (χ4v) is 2.69. The topological polar surface area (TPSA) is 49.4 Å². The van der Waals surface area contributed by atoms with Crippen molar-refractivity contribution in [2.45, 2.75) is 39.8 Å². The van der Waals surface area contributed by atoms with E-state index in [1.54, 1.807) is 24.0 Å². The van der Waals surface area contributed by atoms with Crippen molar-refractivity contribution in [2.24, 2.45) is 5.92 Å². The molecular weight excluding hydrogens is 343 g/mol. The van der Waals surface area contributed by atoms with Gasteiger partial charge < -0.3 is 10.2 Å². The highest BCUT2D eigenvalue weighted by molar-refractivity contribution is 5.88.